The first kappa shape index (κ1) is 20.0. The van der Waals surface area contributed by atoms with E-state index in [2.05, 4.69) is 75.5 Å². The lowest BCUT2D eigenvalue weighted by atomic mass is 9.89. The molecule has 3 aromatic carbocycles. The monoisotopic (exact) mass is 440 g/mol. The molecule has 0 radical (unpaired) electrons. The summed E-state index contributed by atoms with van der Waals surface area (Å²) in [6.45, 7) is 2.52. The highest BCUT2D eigenvalue weighted by atomic mass is 16.5. The Morgan fingerprint density at radius 1 is 0.788 bits per heavy atom. The number of aromatic amines is 4. The van der Waals surface area contributed by atoms with Crippen LogP contribution < -0.4 is 19.6 Å². The lowest BCUT2D eigenvalue weighted by Crippen LogP contribution is -3.10. The zero-order chi connectivity index (χ0) is 22.4. The zero-order valence-corrected chi connectivity index (χ0v) is 19.1. The summed E-state index contributed by atoms with van der Waals surface area (Å²) in [7, 11) is 3.98. The van der Waals surface area contributed by atoms with E-state index in [1.54, 1.807) is 12.0 Å². The molecular formula is C27H30N5O+3. The molecule has 5 N–H and O–H groups in total. The standard InChI is InChI=1S/C27H27N5O/c1-32-13-11-17(12-14-32)19-5-9-22-24(15-19)31-27(29-22)20-6-10-23-25(16-20)30-26(28-23)18-3-7-21(33-2)8-4-18/h3-10,15-17H,11-14H2,1-2H3,(H,28,30)(H,29,31)/p+3. The summed E-state index contributed by atoms with van der Waals surface area (Å²) in [6.07, 6.45) is 2.54. The number of benzene rings is 3. The van der Waals surface area contributed by atoms with Crippen LogP contribution in [0.25, 0.3) is 44.8 Å². The Morgan fingerprint density at radius 2 is 1.39 bits per heavy atom. The average molecular weight is 441 g/mol. The fraction of sp³-hybridized carbons (Fsp3) is 0.259. The van der Waals surface area contributed by atoms with Crippen molar-refractivity contribution in [2.45, 2.75) is 18.8 Å². The number of likely N-dealkylation sites (tertiary alicyclic amines) is 1. The molecule has 0 amide bonds. The van der Waals surface area contributed by atoms with Gasteiger partial charge in [0.25, 0.3) is 11.6 Å². The Labute approximate surface area is 192 Å². The summed E-state index contributed by atoms with van der Waals surface area (Å²) in [4.78, 5) is 15.8. The number of imidazole rings is 2. The van der Waals surface area contributed by atoms with Crippen LogP contribution in [0.2, 0.25) is 0 Å². The predicted octanol–water partition coefficient (Wildman–Crippen LogP) is 3.01. The van der Waals surface area contributed by atoms with Crippen molar-refractivity contribution < 1.29 is 19.6 Å². The summed E-state index contributed by atoms with van der Waals surface area (Å²) >= 11 is 0. The van der Waals surface area contributed by atoms with Crippen molar-refractivity contribution in [3.05, 3.63) is 66.2 Å². The van der Waals surface area contributed by atoms with Crippen molar-refractivity contribution in [1.82, 2.24) is 9.97 Å². The minimum Gasteiger partial charge on any atom is -0.497 e. The molecule has 1 aliphatic heterocycles. The van der Waals surface area contributed by atoms with E-state index >= 15 is 0 Å². The molecule has 0 unspecified atom stereocenters. The third kappa shape index (κ3) is 3.76. The molecule has 1 fully saturated rings. The number of hydrogen-bond donors (Lipinski definition) is 3. The number of ether oxygens (including phenoxy) is 1. The number of hydrogen-bond acceptors (Lipinski definition) is 1. The molecule has 0 atom stereocenters. The SMILES string of the molecule is COc1ccc(-c2[nH]c3cc(-c4[nH]c5cc(C6CC[NH+](C)CC6)ccc5[nH+]4)ccc3[nH+]2)cc1. The van der Waals surface area contributed by atoms with Gasteiger partial charge in [-0.05, 0) is 60.0 Å². The van der Waals surface area contributed by atoms with E-state index in [0.29, 0.717) is 5.92 Å². The maximum Gasteiger partial charge on any atom is 0.285 e. The van der Waals surface area contributed by atoms with Gasteiger partial charge in [-0.1, -0.05) is 6.07 Å². The quantitative estimate of drug-likeness (QED) is 0.395. The van der Waals surface area contributed by atoms with Crippen molar-refractivity contribution >= 4 is 22.1 Å². The topological polar surface area (TPSA) is 73.5 Å². The molecule has 33 heavy (non-hydrogen) atoms. The summed E-state index contributed by atoms with van der Waals surface area (Å²) in [5.74, 6) is 3.53. The van der Waals surface area contributed by atoms with Crippen LogP contribution in [0.3, 0.4) is 0 Å². The highest BCUT2D eigenvalue weighted by molar-refractivity contribution is 5.81. The Hall–Kier alpha value is -3.64. The van der Waals surface area contributed by atoms with Crippen molar-refractivity contribution in [2.24, 2.45) is 0 Å². The van der Waals surface area contributed by atoms with E-state index in [-0.39, 0.29) is 0 Å². The number of piperidine rings is 1. The number of methoxy groups -OCH3 is 1. The minimum atomic E-state index is 0.673. The van der Waals surface area contributed by atoms with Crippen LogP contribution in [-0.4, -0.2) is 37.2 Å². The van der Waals surface area contributed by atoms with Crippen molar-refractivity contribution in [1.29, 1.82) is 0 Å². The molecule has 1 aliphatic rings. The van der Waals surface area contributed by atoms with Crippen LogP contribution in [0.4, 0.5) is 0 Å². The fourth-order valence-electron chi connectivity index (χ4n) is 5.03. The fourth-order valence-corrected chi connectivity index (χ4v) is 5.03. The molecular weight excluding hydrogens is 410 g/mol. The molecule has 6 heteroatoms. The molecule has 1 saturated heterocycles. The smallest absolute Gasteiger partial charge is 0.285 e. The molecule has 166 valence electrons. The number of nitrogens with one attached hydrogen (secondary N) is 5. The Bertz CT molecular complexity index is 1420. The highest BCUT2D eigenvalue weighted by Crippen LogP contribution is 2.28. The van der Waals surface area contributed by atoms with Crippen LogP contribution >= 0.6 is 0 Å². The van der Waals surface area contributed by atoms with Gasteiger partial charge in [0.2, 0.25) is 0 Å². The van der Waals surface area contributed by atoms with Gasteiger partial charge in [-0.3, -0.25) is 0 Å². The molecule has 0 aliphatic carbocycles. The van der Waals surface area contributed by atoms with E-state index in [9.17, 15) is 0 Å². The van der Waals surface area contributed by atoms with E-state index in [1.807, 2.05) is 12.1 Å². The van der Waals surface area contributed by atoms with Crippen LogP contribution in [0.1, 0.15) is 24.3 Å². The van der Waals surface area contributed by atoms with E-state index in [4.69, 9.17) is 4.74 Å². The summed E-state index contributed by atoms with van der Waals surface area (Å²) in [5.41, 5.74) is 8.13. The lowest BCUT2D eigenvalue weighted by Gasteiger charge is -2.26. The molecule has 3 heterocycles. The number of rotatable bonds is 4. The van der Waals surface area contributed by atoms with Gasteiger partial charge < -0.3 is 9.64 Å². The van der Waals surface area contributed by atoms with Gasteiger partial charge in [0, 0.05) is 18.9 Å². The Kier molecular flexibility index (Phi) is 4.88. The second-order valence-corrected chi connectivity index (χ2v) is 9.28. The predicted molar refractivity (Wildman–Crippen MR) is 129 cm³/mol. The van der Waals surface area contributed by atoms with Gasteiger partial charge in [-0.15, -0.1) is 0 Å². The Balaban J connectivity index is 1.31. The number of H-pyrrole nitrogens is 4. The second kappa shape index (κ2) is 8.05. The average Bonchev–Trinajstić information content (AvgIpc) is 3.48. The normalized spacial score (nSPS) is 18.7. The van der Waals surface area contributed by atoms with E-state index in [1.165, 1.54) is 37.0 Å². The van der Waals surface area contributed by atoms with Crippen molar-refractivity contribution in [3.8, 4) is 28.5 Å². The third-order valence-electron chi connectivity index (χ3n) is 7.08. The largest absolute Gasteiger partial charge is 0.497 e. The molecule has 2 aromatic heterocycles. The first-order valence-corrected chi connectivity index (χ1v) is 11.7. The first-order valence-electron chi connectivity index (χ1n) is 11.7. The van der Waals surface area contributed by atoms with Gasteiger partial charge in [0.05, 0.1) is 38.4 Å². The molecule has 0 bridgehead atoms. The number of fused-ring (bicyclic) bond motifs is 2. The van der Waals surface area contributed by atoms with Crippen molar-refractivity contribution in [3.63, 3.8) is 0 Å². The molecule has 6 rings (SSSR count). The van der Waals surface area contributed by atoms with Gasteiger partial charge in [-0.2, -0.15) is 0 Å². The maximum absolute atomic E-state index is 5.27. The van der Waals surface area contributed by atoms with Crippen LogP contribution in [0, 0.1) is 0 Å². The van der Waals surface area contributed by atoms with Gasteiger partial charge >= 0.3 is 0 Å². The summed E-state index contributed by atoms with van der Waals surface area (Å²) in [6, 6.07) is 21.4. The minimum absolute atomic E-state index is 0.673. The molecule has 6 nitrogen and oxygen atoms in total. The molecule has 0 spiro atoms. The summed E-state index contributed by atoms with van der Waals surface area (Å²) < 4.78 is 5.27. The summed E-state index contributed by atoms with van der Waals surface area (Å²) in [5, 5.41) is 0. The number of aromatic nitrogens is 4. The Morgan fingerprint density at radius 3 is 2.09 bits per heavy atom. The van der Waals surface area contributed by atoms with Gasteiger partial charge in [0.15, 0.2) is 22.1 Å². The van der Waals surface area contributed by atoms with Crippen LogP contribution in [-0.2, 0) is 0 Å². The van der Waals surface area contributed by atoms with Crippen LogP contribution in [0.15, 0.2) is 60.7 Å². The first-order chi connectivity index (χ1) is 16.2. The van der Waals surface area contributed by atoms with E-state index in [0.717, 1.165) is 45.1 Å². The van der Waals surface area contributed by atoms with Crippen LogP contribution in [0.5, 0.6) is 5.75 Å². The van der Waals surface area contributed by atoms with Crippen molar-refractivity contribution in [2.75, 3.05) is 27.2 Å². The second-order valence-electron chi connectivity index (χ2n) is 9.28. The molecule has 0 saturated carbocycles. The maximum atomic E-state index is 5.27. The zero-order valence-electron chi connectivity index (χ0n) is 19.1. The lowest BCUT2D eigenvalue weighted by molar-refractivity contribution is -0.885. The van der Waals surface area contributed by atoms with E-state index < -0.39 is 0 Å². The van der Waals surface area contributed by atoms with Gasteiger partial charge in [-0.25, -0.2) is 19.9 Å². The third-order valence-corrected chi connectivity index (χ3v) is 7.08. The highest BCUT2D eigenvalue weighted by Gasteiger charge is 2.23. The van der Waals surface area contributed by atoms with Gasteiger partial charge in [0.1, 0.15) is 5.75 Å². The molecule has 5 aromatic rings. The number of quaternary nitrogens is 1.